The van der Waals surface area contributed by atoms with Gasteiger partial charge in [0.15, 0.2) is 0 Å². The molecule has 1 aliphatic rings. The molecular formula is C10H17F6RhSb. The van der Waals surface area contributed by atoms with Crippen molar-refractivity contribution < 1.29 is 37.8 Å². The van der Waals surface area contributed by atoms with Crippen LogP contribution in [0.1, 0.15) is 36.0 Å². The van der Waals surface area contributed by atoms with Gasteiger partial charge in [0.25, 0.3) is 0 Å². The van der Waals surface area contributed by atoms with Crippen molar-refractivity contribution in [2.24, 2.45) is 5.92 Å². The topological polar surface area (TPSA) is 0 Å². The summed E-state index contributed by atoms with van der Waals surface area (Å²) in [4.78, 5) is 0. The molecule has 0 saturated carbocycles. The zero-order valence-electron chi connectivity index (χ0n) is 11.6. The van der Waals surface area contributed by atoms with Gasteiger partial charge < -0.3 is 0 Å². The molecule has 0 unspecified atom stereocenters. The summed E-state index contributed by atoms with van der Waals surface area (Å²) >= 11 is -11.2. The predicted octanol–water partition coefficient (Wildman–Crippen LogP) is 5.56. The molecule has 0 aromatic heterocycles. The maximum Gasteiger partial charge on any atom is 1.00 e. The van der Waals surface area contributed by atoms with E-state index >= 15 is 0 Å². The summed E-state index contributed by atoms with van der Waals surface area (Å²) in [6.45, 7) is 11.2. The van der Waals surface area contributed by atoms with Gasteiger partial charge in [-0.1, -0.05) is 18.1 Å². The molecule has 0 aliphatic heterocycles. The molecule has 1 aliphatic carbocycles. The molecule has 0 heterocycles. The first-order valence-electron chi connectivity index (χ1n) is 4.92. The van der Waals surface area contributed by atoms with E-state index in [4.69, 9.17) is 0 Å². The fourth-order valence-electron chi connectivity index (χ4n) is 1.57. The second-order valence-electron chi connectivity index (χ2n) is 4.30. The van der Waals surface area contributed by atoms with Gasteiger partial charge in [0.1, 0.15) is 0 Å². The van der Waals surface area contributed by atoms with E-state index < -0.39 is 19.5 Å². The molecule has 0 aromatic carbocycles. The SMILES string of the molecule is CC1=C(C)C(C)C(C)=C1C.[F][Sb-]([F])([F])([F])([F])[F].[H+].[Rh]. The molecule has 18 heavy (non-hydrogen) atoms. The number of hydrogen-bond acceptors (Lipinski definition) is 0. The van der Waals surface area contributed by atoms with E-state index in [1.165, 1.54) is 11.1 Å². The van der Waals surface area contributed by atoms with Gasteiger partial charge in [-0.2, -0.15) is 0 Å². The Bertz CT molecular complexity index is 359. The fraction of sp³-hybridized carbons (Fsp3) is 0.600. The van der Waals surface area contributed by atoms with Crippen molar-refractivity contribution in [2.75, 3.05) is 0 Å². The Hall–Kier alpha value is 0.502. The first-order valence-corrected chi connectivity index (χ1v) is 10.7. The smallest absolute Gasteiger partial charge is 0 e. The van der Waals surface area contributed by atoms with Crippen molar-refractivity contribution in [3.05, 3.63) is 22.3 Å². The monoisotopic (exact) mass is 475 g/mol. The Balaban J connectivity index is -0.000000258. The molecule has 0 amide bonds. The Morgan fingerprint density at radius 3 is 1.00 bits per heavy atom. The molecule has 0 bridgehead atoms. The first kappa shape index (κ1) is 20.8. The minimum Gasteiger partial charge on any atom is 0 e. The molecule has 8 heteroatoms. The normalized spacial score (nSPS) is 20.8. The van der Waals surface area contributed by atoms with E-state index in [0.29, 0.717) is 5.92 Å². The van der Waals surface area contributed by atoms with E-state index in [-0.39, 0.29) is 20.9 Å². The van der Waals surface area contributed by atoms with Crippen molar-refractivity contribution in [3.63, 3.8) is 0 Å². The molecule has 1 radical (unpaired) electrons. The maximum atomic E-state index is 9.93. The van der Waals surface area contributed by atoms with E-state index in [0.717, 1.165) is 0 Å². The van der Waals surface area contributed by atoms with Crippen molar-refractivity contribution in [1.29, 1.82) is 0 Å². The summed E-state index contributed by atoms with van der Waals surface area (Å²) in [5, 5.41) is 0. The van der Waals surface area contributed by atoms with Crippen LogP contribution < -0.4 is 0 Å². The minimum absolute atomic E-state index is 0. The van der Waals surface area contributed by atoms with Crippen LogP contribution in [0.2, 0.25) is 0 Å². The van der Waals surface area contributed by atoms with Crippen LogP contribution in [0.5, 0.6) is 0 Å². The first-order chi connectivity index (χ1) is 7.00. The Labute approximate surface area is 120 Å². The maximum absolute atomic E-state index is 11.2. The molecule has 0 atom stereocenters. The summed E-state index contributed by atoms with van der Waals surface area (Å²) in [6.07, 6.45) is 0. The van der Waals surface area contributed by atoms with Gasteiger partial charge in [0.2, 0.25) is 0 Å². The predicted molar refractivity (Wildman–Crippen MR) is 59.4 cm³/mol. The van der Waals surface area contributed by atoms with Crippen LogP contribution in [-0.2, 0) is 19.5 Å². The van der Waals surface area contributed by atoms with Gasteiger partial charge in [-0.25, -0.2) is 0 Å². The third-order valence-corrected chi connectivity index (χ3v) is 3.04. The molecular weight excluding hydrogens is 459 g/mol. The third kappa shape index (κ3) is 9.43. The molecule has 0 spiro atoms. The van der Waals surface area contributed by atoms with Gasteiger partial charge in [0.05, 0.1) is 0 Å². The molecule has 0 N–H and O–H groups in total. The number of hydrogen-bond donors (Lipinski definition) is 0. The fourth-order valence-corrected chi connectivity index (χ4v) is 1.57. The zero-order valence-corrected chi connectivity index (χ0v) is 14.8. The van der Waals surface area contributed by atoms with E-state index in [1.807, 2.05) is 0 Å². The quantitative estimate of drug-likeness (QED) is 0.318. The van der Waals surface area contributed by atoms with Crippen LogP contribution in [0.25, 0.3) is 0 Å². The number of allylic oxidation sites excluding steroid dienone is 4. The second kappa shape index (κ2) is 5.12. The Morgan fingerprint density at radius 1 is 0.778 bits per heavy atom. The van der Waals surface area contributed by atoms with Crippen LogP contribution in [-0.4, -0.2) is 19.5 Å². The van der Waals surface area contributed by atoms with E-state index in [2.05, 4.69) is 34.6 Å². The van der Waals surface area contributed by atoms with Crippen LogP contribution in [0, 0.1) is 5.92 Å². The number of rotatable bonds is 0. The van der Waals surface area contributed by atoms with Crippen LogP contribution in [0.3, 0.4) is 0 Å². The summed E-state index contributed by atoms with van der Waals surface area (Å²) in [5.74, 6) is 0.694. The van der Waals surface area contributed by atoms with Crippen molar-refractivity contribution >= 4 is 19.5 Å². The standard InChI is InChI=1S/C10H16.6FH.Rh.Sb/c1-6-7(2)9(4)10(5)8(6)3;;;;;;;;/h6H,1-5H3;6*1H;;/q;;;;;;;;+5/p-5. The van der Waals surface area contributed by atoms with E-state index in [1.54, 1.807) is 11.1 Å². The molecule has 113 valence electrons. The van der Waals surface area contributed by atoms with E-state index in [9.17, 15) is 16.9 Å². The molecule has 0 aromatic rings. The van der Waals surface area contributed by atoms with Gasteiger partial charge in [-0.15, -0.1) is 0 Å². The Morgan fingerprint density at radius 2 is 0.944 bits per heavy atom. The minimum atomic E-state index is -11.2. The zero-order chi connectivity index (χ0) is 14.3. The van der Waals surface area contributed by atoms with Crippen molar-refractivity contribution in [1.82, 2.24) is 0 Å². The molecule has 0 nitrogen and oxygen atoms in total. The summed E-state index contributed by atoms with van der Waals surface area (Å²) in [7, 11) is 0. The molecule has 0 fully saturated rings. The summed E-state index contributed by atoms with van der Waals surface area (Å²) in [6, 6.07) is 0. The second-order valence-corrected chi connectivity index (χ2v) is 9.77. The summed E-state index contributed by atoms with van der Waals surface area (Å²) in [5.41, 5.74) is 6.11. The van der Waals surface area contributed by atoms with Crippen molar-refractivity contribution in [2.45, 2.75) is 34.6 Å². The average molecular weight is 476 g/mol. The van der Waals surface area contributed by atoms with Crippen molar-refractivity contribution in [3.8, 4) is 0 Å². The summed E-state index contributed by atoms with van der Waals surface area (Å²) < 4.78 is 59.6. The number of halogens is 6. The molecule has 1 rings (SSSR count). The van der Waals surface area contributed by atoms with Gasteiger partial charge >= 0.3 is 37.8 Å². The van der Waals surface area contributed by atoms with Crippen LogP contribution >= 0.6 is 0 Å². The van der Waals surface area contributed by atoms with Crippen LogP contribution in [0.4, 0.5) is 16.9 Å². The average Bonchev–Trinajstić information content (AvgIpc) is 2.18. The molecule has 0 saturated heterocycles. The van der Waals surface area contributed by atoms with Gasteiger partial charge in [0, 0.05) is 19.5 Å². The third-order valence-electron chi connectivity index (χ3n) is 3.04. The largest absolute Gasteiger partial charge is 1.00 e. The van der Waals surface area contributed by atoms with Gasteiger partial charge in [-0.05, 0) is 44.8 Å². The van der Waals surface area contributed by atoms with Crippen LogP contribution in [0.15, 0.2) is 22.3 Å². The Kier molecular flexibility index (Phi) is 5.92. The van der Waals surface area contributed by atoms with Gasteiger partial charge in [-0.3, -0.25) is 0 Å².